The lowest BCUT2D eigenvalue weighted by atomic mass is 9.90. The monoisotopic (exact) mass is 516 g/mol. The van der Waals surface area contributed by atoms with E-state index in [-0.39, 0.29) is 30.4 Å². The van der Waals surface area contributed by atoms with Crippen LogP contribution in [-0.2, 0) is 6.54 Å². The first-order chi connectivity index (χ1) is 17.9. The second-order valence-electron chi connectivity index (χ2n) is 9.18. The molecule has 0 radical (unpaired) electrons. The number of benzene rings is 3. The summed E-state index contributed by atoms with van der Waals surface area (Å²) >= 11 is 6.56. The molecule has 2 amide bonds. The molecule has 1 fully saturated rings. The van der Waals surface area contributed by atoms with Crippen LogP contribution in [0.25, 0.3) is 0 Å². The Morgan fingerprint density at radius 3 is 2.46 bits per heavy atom. The fourth-order valence-electron chi connectivity index (χ4n) is 4.56. The quantitative estimate of drug-likeness (QED) is 0.438. The summed E-state index contributed by atoms with van der Waals surface area (Å²) < 4.78 is 5.21. The highest BCUT2D eigenvalue weighted by Gasteiger charge is 2.29. The van der Waals surface area contributed by atoms with Gasteiger partial charge in [-0.3, -0.25) is 9.59 Å². The topological polar surface area (TPSA) is 108 Å². The molecule has 190 valence electrons. The third-order valence-electron chi connectivity index (χ3n) is 6.68. The first-order valence-corrected chi connectivity index (χ1v) is 12.6. The molecule has 0 aromatic heterocycles. The molecule has 0 atom stereocenters. The van der Waals surface area contributed by atoms with E-state index < -0.39 is 0 Å². The molecule has 3 aromatic rings. The molecule has 1 aliphatic carbocycles. The van der Waals surface area contributed by atoms with Crippen LogP contribution < -0.4 is 15.8 Å². The summed E-state index contributed by atoms with van der Waals surface area (Å²) in [5, 5.41) is 12.5. The molecule has 0 spiro atoms. The maximum absolute atomic E-state index is 13.6. The van der Waals surface area contributed by atoms with Gasteiger partial charge in [-0.2, -0.15) is 5.26 Å². The highest BCUT2D eigenvalue weighted by atomic mass is 35.5. The summed E-state index contributed by atoms with van der Waals surface area (Å²) in [7, 11) is 1.55. The minimum atomic E-state index is -0.279. The summed E-state index contributed by atoms with van der Waals surface area (Å²) in [5.41, 5.74) is 8.89. The summed E-state index contributed by atoms with van der Waals surface area (Å²) in [6, 6.07) is 21.0. The average Bonchev–Trinajstić information content (AvgIpc) is 2.93. The van der Waals surface area contributed by atoms with Crippen molar-refractivity contribution in [3.05, 3.63) is 94.0 Å². The van der Waals surface area contributed by atoms with Crippen LogP contribution >= 0.6 is 11.6 Å². The van der Waals surface area contributed by atoms with Gasteiger partial charge in [-0.25, -0.2) is 0 Å². The van der Waals surface area contributed by atoms with Gasteiger partial charge in [0.2, 0.25) is 0 Å². The van der Waals surface area contributed by atoms with Crippen LogP contribution in [-0.4, -0.2) is 35.9 Å². The maximum atomic E-state index is 13.6. The second-order valence-corrected chi connectivity index (χ2v) is 9.59. The molecule has 1 saturated carbocycles. The molecule has 8 heteroatoms. The Morgan fingerprint density at radius 2 is 1.78 bits per heavy atom. The van der Waals surface area contributed by atoms with Gasteiger partial charge >= 0.3 is 0 Å². The lowest BCUT2D eigenvalue weighted by molar-refractivity contribution is 0.0606. The lowest BCUT2D eigenvalue weighted by Crippen LogP contribution is -2.44. The van der Waals surface area contributed by atoms with Crippen LogP contribution in [0.3, 0.4) is 0 Å². The van der Waals surface area contributed by atoms with E-state index >= 15 is 0 Å². The van der Waals surface area contributed by atoms with Crippen LogP contribution in [0.4, 0.5) is 5.69 Å². The number of hydrogen-bond acceptors (Lipinski definition) is 5. The van der Waals surface area contributed by atoms with Gasteiger partial charge in [-0.05, 0) is 91.9 Å². The molecule has 4 rings (SSSR count). The van der Waals surface area contributed by atoms with Crippen LogP contribution in [0.1, 0.15) is 57.5 Å². The molecule has 3 N–H and O–H groups in total. The van der Waals surface area contributed by atoms with Crippen molar-refractivity contribution in [3.63, 3.8) is 0 Å². The number of nitriles is 1. The molecule has 7 nitrogen and oxygen atoms in total. The Hall–Kier alpha value is -3.86. The molecule has 1 aliphatic rings. The van der Waals surface area contributed by atoms with E-state index in [1.54, 1.807) is 73.8 Å². The van der Waals surface area contributed by atoms with Gasteiger partial charge in [0.05, 0.1) is 18.7 Å². The number of halogens is 1. The van der Waals surface area contributed by atoms with E-state index in [1.165, 1.54) is 0 Å². The molecule has 37 heavy (non-hydrogen) atoms. The van der Waals surface area contributed by atoms with E-state index in [0.717, 1.165) is 31.2 Å². The van der Waals surface area contributed by atoms with Gasteiger partial charge in [0.25, 0.3) is 11.8 Å². The third-order valence-corrected chi connectivity index (χ3v) is 7.05. The summed E-state index contributed by atoms with van der Waals surface area (Å²) in [6.45, 7) is 0.278. The number of amides is 2. The predicted octanol–water partition coefficient (Wildman–Crippen LogP) is 5.38. The number of carbonyl (C=O) groups is 2. The fraction of sp³-hybridized carbons (Fsp3) is 0.276. The molecule has 0 heterocycles. The molecular formula is C29H29ClN4O3. The number of nitrogens with zero attached hydrogens (tertiary/aromatic N) is 2. The molecule has 0 unspecified atom stereocenters. The van der Waals surface area contributed by atoms with Crippen molar-refractivity contribution in [2.24, 2.45) is 5.73 Å². The van der Waals surface area contributed by atoms with Crippen molar-refractivity contribution in [1.82, 2.24) is 4.90 Å². The van der Waals surface area contributed by atoms with E-state index in [4.69, 9.17) is 27.3 Å². The first kappa shape index (κ1) is 26.2. The standard InChI is InChI=1S/C29H29ClN4O3/c1-37-26-4-2-3-21(16-26)28(35)33-24-11-14-27(30)22(15-24)18-34(25-12-9-23(32)10-13-25)29(36)20-7-5-19(17-31)6-8-20/h2-8,11,14-16,23,25H,9-10,12-13,18,32H2,1H3,(H,33,35). The zero-order valence-corrected chi connectivity index (χ0v) is 21.4. The molecule has 0 aliphatic heterocycles. The Bertz CT molecular complexity index is 1310. The van der Waals surface area contributed by atoms with Crippen molar-refractivity contribution in [3.8, 4) is 11.8 Å². The van der Waals surface area contributed by atoms with Gasteiger partial charge < -0.3 is 20.7 Å². The SMILES string of the molecule is COc1cccc(C(=O)Nc2ccc(Cl)c(CN(C(=O)c3ccc(C#N)cc3)C3CCC(N)CC3)c2)c1. The molecule has 0 bridgehead atoms. The van der Waals surface area contributed by atoms with E-state index in [9.17, 15) is 9.59 Å². The Labute approximate surface area is 221 Å². The van der Waals surface area contributed by atoms with Crippen molar-refractivity contribution in [1.29, 1.82) is 5.26 Å². The number of anilines is 1. The second kappa shape index (κ2) is 11.9. The zero-order valence-electron chi connectivity index (χ0n) is 20.6. The normalized spacial score (nSPS) is 16.9. The number of ether oxygens (including phenoxy) is 1. The Morgan fingerprint density at radius 1 is 1.05 bits per heavy atom. The number of nitrogens with two attached hydrogens (primary N) is 1. The van der Waals surface area contributed by atoms with Crippen molar-refractivity contribution >= 4 is 29.1 Å². The summed E-state index contributed by atoms with van der Waals surface area (Å²) in [4.78, 5) is 28.3. The third kappa shape index (κ3) is 6.48. The summed E-state index contributed by atoms with van der Waals surface area (Å²) in [6.07, 6.45) is 3.28. The van der Waals surface area contributed by atoms with Crippen LogP contribution in [0.15, 0.2) is 66.7 Å². The van der Waals surface area contributed by atoms with Gasteiger partial charge in [-0.1, -0.05) is 17.7 Å². The van der Waals surface area contributed by atoms with Gasteiger partial charge in [0.15, 0.2) is 0 Å². The van der Waals surface area contributed by atoms with Gasteiger partial charge in [0, 0.05) is 40.5 Å². The van der Waals surface area contributed by atoms with E-state index in [0.29, 0.717) is 33.1 Å². The van der Waals surface area contributed by atoms with Crippen molar-refractivity contribution < 1.29 is 14.3 Å². The Kier molecular flexibility index (Phi) is 8.44. The highest BCUT2D eigenvalue weighted by Crippen LogP contribution is 2.29. The van der Waals surface area contributed by atoms with E-state index in [1.807, 2.05) is 4.90 Å². The highest BCUT2D eigenvalue weighted by molar-refractivity contribution is 6.31. The number of hydrogen-bond donors (Lipinski definition) is 2. The molecule has 0 saturated heterocycles. The largest absolute Gasteiger partial charge is 0.497 e. The zero-order chi connectivity index (χ0) is 26.4. The minimum Gasteiger partial charge on any atom is -0.497 e. The first-order valence-electron chi connectivity index (χ1n) is 12.2. The minimum absolute atomic E-state index is 0.00837. The van der Waals surface area contributed by atoms with E-state index in [2.05, 4.69) is 11.4 Å². The predicted molar refractivity (Wildman–Crippen MR) is 144 cm³/mol. The fourth-order valence-corrected chi connectivity index (χ4v) is 4.74. The molecule has 3 aromatic carbocycles. The average molecular weight is 517 g/mol. The maximum Gasteiger partial charge on any atom is 0.255 e. The summed E-state index contributed by atoms with van der Waals surface area (Å²) in [5.74, 6) is 0.180. The van der Waals surface area contributed by atoms with Crippen LogP contribution in [0.5, 0.6) is 5.75 Å². The van der Waals surface area contributed by atoms with Crippen molar-refractivity contribution in [2.45, 2.75) is 44.3 Å². The number of rotatable bonds is 7. The lowest BCUT2D eigenvalue weighted by Gasteiger charge is -2.36. The van der Waals surface area contributed by atoms with Crippen LogP contribution in [0.2, 0.25) is 5.02 Å². The molecular weight excluding hydrogens is 488 g/mol. The smallest absolute Gasteiger partial charge is 0.255 e. The van der Waals surface area contributed by atoms with Gasteiger partial charge in [-0.15, -0.1) is 0 Å². The number of nitrogens with one attached hydrogen (secondary N) is 1. The Balaban J connectivity index is 1.58. The number of carbonyl (C=O) groups excluding carboxylic acids is 2. The van der Waals surface area contributed by atoms with Crippen LogP contribution in [0, 0.1) is 11.3 Å². The number of methoxy groups -OCH3 is 1. The van der Waals surface area contributed by atoms with Gasteiger partial charge in [0.1, 0.15) is 5.75 Å². The van der Waals surface area contributed by atoms with Crippen molar-refractivity contribution in [2.75, 3.05) is 12.4 Å².